The zero-order chi connectivity index (χ0) is 23.1. The van der Waals surface area contributed by atoms with Crippen molar-refractivity contribution in [2.45, 2.75) is 25.5 Å². The molecule has 168 valence electrons. The van der Waals surface area contributed by atoms with E-state index in [1.807, 2.05) is 6.92 Å². The second-order valence-corrected chi connectivity index (χ2v) is 7.94. The Kier molecular flexibility index (Phi) is 7.82. The van der Waals surface area contributed by atoms with Gasteiger partial charge in [0.05, 0.1) is 19.4 Å². The van der Waals surface area contributed by atoms with E-state index in [-0.39, 0.29) is 29.2 Å². The molecule has 1 saturated heterocycles. The lowest BCUT2D eigenvalue weighted by Gasteiger charge is -2.21. The van der Waals surface area contributed by atoms with E-state index in [1.165, 1.54) is 19.2 Å². The van der Waals surface area contributed by atoms with E-state index in [4.69, 9.17) is 9.47 Å². The highest BCUT2D eigenvalue weighted by Crippen LogP contribution is 2.24. The molecule has 2 N–H and O–H groups in total. The van der Waals surface area contributed by atoms with Gasteiger partial charge in [0.15, 0.2) is 16.7 Å². The van der Waals surface area contributed by atoms with E-state index in [0.717, 1.165) is 11.8 Å². The summed E-state index contributed by atoms with van der Waals surface area (Å²) in [5, 5.41) is 13.0. The average molecular weight is 459 g/mol. The van der Waals surface area contributed by atoms with Gasteiger partial charge in [0.25, 0.3) is 0 Å². The molecule has 0 aromatic heterocycles. The predicted molar refractivity (Wildman–Crippen MR) is 123 cm³/mol. The molecule has 0 bridgehead atoms. The van der Waals surface area contributed by atoms with E-state index in [2.05, 4.69) is 20.8 Å². The van der Waals surface area contributed by atoms with Gasteiger partial charge in [-0.25, -0.2) is 4.39 Å². The summed E-state index contributed by atoms with van der Waals surface area (Å²) in [5.74, 6) is -0.416. The van der Waals surface area contributed by atoms with Crippen LogP contribution < -0.4 is 20.1 Å². The number of ether oxygens (including phenoxy) is 2. The van der Waals surface area contributed by atoms with Gasteiger partial charge in [-0.05, 0) is 44.2 Å². The molecular formula is C22H23FN4O4S. The van der Waals surface area contributed by atoms with Gasteiger partial charge in [-0.15, -0.1) is 5.10 Å². The molecule has 32 heavy (non-hydrogen) atoms. The van der Waals surface area contributed by atoms with Gasteiger partial charge in [-0.2, -0.15) is 5.10 Å². The fourth-order valence-electron chi connectivity index (χ4n) is 2.86. The van der Waals surface area contributed by atoms with Crippen molar-refractivity contribution in [3.63, 3.8) is 0 Å². The molecular weight excluding hydrogens is 435 g/mol. The number of amidine groups is 1. The predicted octanol–water partition coefficient (Wildman–Crippen LogP) is 3.57. The van der Waals surface area contributed by atoms with Crippen LogP contribution in [0.2, 0.25) is 0 Å². The van der Waals surface area contributed by atoms with Crippen LogP contribution in [0.1, 0.15) is 25.8 Å². The van der Waals surface area contributed by atoms with Gasteiger partial charge < -0.3 is 20.1 Å². The van der Waals surface area contributed by atoms with E-state index in [0.29, 0.717) is 29.3 Å². The summed E-state index contributed by atoms with van der Waals surface area (Å²) in [6.07, 6.45) is 0.00700. The number of methoxy groups -OCH3 is 1. The topological polar surface area (TPSA) is 101 Å². The number of rotatable bonds is 7. The number of amides is 2. The molecule has 3 rings (SSSR count). The molecule has 1 aliphatic rings. The third-order valence-electron chi connectivity index (χ3n) is 4.44. The Morgan fingerprint density at radius 2 is 2.12 bits per heavy atom. The Hall–Kier alpha value is -3.40. The Morgan fingerprint density at radius 1 is 1.31 bits per heavy atom. The molecule has 8 nitrogen and oxygen atoms in total. The number of carbonyl (C=O) groups is 2. The number of anilines is 1. The summed E-state index contributed by atoms with van der Waals surface area (Å²) in [4.78, 5) is 24.8. The van der Waals surface area contributed by atoms with E-state index in [9.17, 15) is 14.0 Å². The maximum absolute atomic E-state index is 13.9. The van der Waals surface area contributed by atoms with Gasteiger partial charge in [-0.1, -0.05) is 17.8 Å². The largest absolute Gasteiger partial charge is 0.494 e. The minimum atomic E-state index is -0.674. The Balaban J connectivity index is 1.70. The van der Waals surface area contributed by atoms with Crippen LogP contribution in [0.15, 0.2) is 52.7 Å². The molecule has 0 radical (unpaired) electrons. The number of nitrogens with one attached hydrogen (secondary N) is 2. The normalized spacial score (nSPS) is 17.6. The number of hydrogen-bond donors (Lipinski definition) is 2. The van der Waals surface area contributed by atoms with Crippen LogP contribution in [-0.4, -0.2) is 41.7 Å². The molecule has 1 fully saturated rings. The van der Waals surface area contributed by atoms with Crippen molar-refractivity contribution in [1.29, 1.82) is 0 Å². The van der Waals surface area contributed by atoms with Crippen molar-refractivity contribution in [3.05, 3.63) is 53.8 Å². The SMILES string of the molecule is CCOc1cccc(NC(=O)C2CC(=O)N/C(=N\N=C(C)c3ccc(OC)c(F)c3)S2)c1. The molecule has 0 aliphatic carbocycles. The minimum Gasteiger partial charge on any atom is -0.494 e. The summed E-state index contributed by atoms with van der Waals surface area (Å²) in [6, 6.07) is 11.5. The van der Waals surface area contributed by atoms with Crippen molar-refractivity contribution in [2.75, 3.05) is 19.0 Å². The molecule has 1 heterocycles. The van der Waals surface area contributed by atoms with Crippen LogP contribution >= 0.6 is 11.8 Å². The van der Waals surface area contributed by atoms with Crippen molar-refractivity contribution in [1.82, 2.24) is 5.32 Å². The highest BCUT2D eigenvalue weighted by atomic mass is 32.2. The fourth-order valence-corrected chi connectivity index (χ4v) is 3.79. The number of nitrogens with zero attached hydrogens (tertiary/aromatic N) is 2. The molecule has 1 aliphatic heterocycles. The maximum atomic E-state index is 13.9. The highest BCUT2D eigenvalue weighted by Gasteiger charge is 2.30. The molecule has 1 unspecified atom stereocenters. The number of carbonyl (C=O) groups excluding carboxylic acids is 2. The number of halogens is 1. The van der Waals surface area contributed by atoms with Gasteiger partial charge in [0.1, 0.15) is 11.0 Å². The van der Waals surface area contributed by atoms with Crippen LogP contribution in [-0.2, 0) is 9.59 Å². The fraction of sp³-hybridized carbons (Fsp3) is 0.273. The van der Waals surface area contributed by atoms with Crippen LogP contribution in [0.4, 0.5) is 10.1 Å². The summed E-state index contributed by atoms with van der Waals surface area (Å²) in [5.41, 5.74) is 1.53. The summed E-state index contributed by atoms with van der Waals surface area (Å²) in [7, 11) is 1.39. The summed E-state index contributed by atoms with van der Waals surface area (Å²) >= 11 is 1.10. The Morgan fingerprint density at radius 3 is 2.84 bits per heavy atom. The van der Waals surface area contributed by atoms with Gasteiger partial charge >= 0.3 is 0 Å². The molecule has 0 spiro atoms. The zero-order valence-electron chi connectivity index (χ0n) is 17.8. The zero-order valence-corrected chi connectivity index (χ0v) is 18.7. The lowest BCUT2D eigenvalue weighted by atomic mass is 10.1. The number of benzene rings is 2. The molecule has 2 aromatic rings. The quantitative estimate of drug-likeness (QED) is 0.488. The average Bonchev–Trinajstić information content (AvgIpc) is 2.77. The van der Waals surface area contributed by atoms with Crippen molar-refractivity contribution in [2.24, 2.45) is 10.2 Å². The van der Waals surface area contributed by atoms with E-state index in [1.54, 1.807) is 37.3 Å². The lowest BCUT2D eigenvalue weighted by molar-refractivity contribution is -0.123. The van der Waals surface area contributed by atoms with Crippen molar-refractivity contribution < 1.29 is 23.5 Å². The van der Waals surface area contributed by atoms with E-state index >= 15 is 0 Å². The van der Waals surface area contributed by atoms with Crippen LogP contribution in [0, 0.1) is 5.82 Å². The third kappa shape index (κ3) is 6.07. The Labute approximate surface area is 189 Å². The third-order valence-corrected chi connectivity index (χ3v) is 5.51. The minimum absolute atomic E-state index is 0.00700. The molecule has 2 aromatic carbocycles. The highest BCUT2D eigenvalue weighted by molar-refractivity contribution is 8.15. The first-order chi connectivity index (χ1) is 15.4. The summed E-state index contributed by atoms with van der Waals surface area (Å²) < 4.78 is 24.3. The second-order valence-electron chi connectivity index (χ2n) is 6.75. The smallest absolute Gasteiger partial charge is 0.238 e. The first-order valence-electron chi connectivity index (χ1n) is 9.86. The van der Waals surface area contributed by atoms with Gasteiger partial charge in [0.2, 0.25) is 11.8 Å². The van der Waals surface area contributed by atoms with Crippen LogP contribution in [0.5, 0.6) is 11.5 Å². The van der Waals surface area contributed by atoms with Crippen molar-refractivity contribution in [3.8, 4) is 11.5 Å². The second kappa shape index (κ2) is 10.8. The summed E-state index contributed by atoms with van der Waals surface area (Å²) in [6.45, 7) is 4.05. The van der Waals surface area contributed by atoms with Gasteiger partial charge in [-0.3, -0.25) is 9.59 Å². The first kappa shape index (κ1) is 23.3. The maximum Gasteiger partial charge on any atom is 0.238 e. The standard InChI is InChI=1S/C22H23FN4O4S/c1-4-31-16-7-5-6-15(11-16)24-21(29)19-12-20(28)25-22(32-19)27-26-13(2)14-8-9-18(30-3)17(23)10-14/h5-11,19H,4,12H2,1-3H3,(H,24,29)(H,25,27,28). The van der Waals surface area contributed by atoms with E-state index < -0.39 is 11.1 Å². The number of hydrogen-bond acceptors (Lipinski definition) is 7. The first-order valence-corrected chi connectivity index (χ1v) is 10.7. The molecule has 0 saturated carbocycles. The number of thioether (sulfide) groups is 1. The van der Waals surface area contributed by atoms with Gasteiger partial charge in [0, 0.05) is 23.7 Å². The monoisotopic (exact) mass is 458 g/mol. The van der Waals surface area contributed by atoms with Crippen molar-refractivity contribution >= 4 is 40.1 Å². The van der Waals surface area contributed by atoms with Crippen LogP contribution in [0.25, 0.3) is 0 Å². The van der Waals surface area contributed by atoms with Crippen LogP contribution in [0.3, 0.4) is 0 Å². The Bertz CT molecular complexity index is 1070. The molecule has 2 amide bonds. The molecule has 10 heteroatoms. The lowest BCUT2D eigenvalue weighted by Crippen LogP contribution is -2.41. The molecule has 1 atom stereocenters.